The van der Waals surface area contributed by atoms with Crippen LogP contribution >= 0.6 is 11.3 Å². The van der Waals surface area contributed by atoms with Gasteiger partial charge >= 0.3 is 0 Å². The summed E-state index contributed by atoms with van der Waals surface area (Å²) in [5.41, 5.74) is 1.23. The lowest BCUT2D eigenvalue weighted by Crippen LogP contribution is -2.38. The number of thiazole rings is 1. The van der Waals surface area contributed by atoms with Gasteiger partial charge in [-0.2, -0.15) is 0 Å². The summed E-state index contributed by atoms with van der Waals surface area (Å²) in [7, 11) is 3.86. The van der Waals surface area contributed by atoms with Crippen LogP contribution in [0, 0.1) is 6.92 Å². The Hall–Kier alpha value is -1.66. The lowest BCUT2D eigenvalue weighted by molar-refractivity contribution is -0.132. The van der Waals surface area contributed by atoms with E-state index in [0.29, 0.717) is 19.1 Å². The third-order valence-corrected chi connectivity index (χ3v) is 5.46. The first-order valence-corrected chi connectivity index (χ1v) is 8.79. The molecule has 23 heavy (non-hydrogen) atoms. The van der Waals surface area contributed by atoms with Crippen LogP contribution in [0.1, 0.15) is 40.2 Å². The van der Waals surface area contributed by atoms with Crippen LogP contribution in [-0.2, 0) is 17.8 Å². The van der Waals surface area contributed by atoms with E-state index in [2.05, 4.69) is 16.8 Å². The number of carbonyl (C=O) groups is 1. The van der Waals surface area contributed by atoms with E-state index in [1.54, 1.807) is 22.5 Å². The van der Waals surface area contributed by atoms with Crippen LogP contribution in [0.25, 0.3) is 0 Å². The van der Waals surface area contributed by atoms with Crippen LogP contribution in [0.15, 0.2) is 22.8 Å². The highest BCUT2D eigenvalue weighted by Crippen LogP contribution is 2.37. The van der Waals surface area contributed by atoms with E-state index in [4.69, 9.17) is 4.42 Å². The minimum atomic E-state index is 0.109. The van der Waals surface area contributed by atoms with Gasteiger partial charge in [-0.05, 0) is 45.4 Å². The summed E-state index contributed by atoms with van der Waals surface area (Å²) in [5, 5.41) is 1.12. The number of amides is 1. The topological polar surface area (TPSA) is 49.6 Å². The molecule has 0 saturated carbocycles. The second-order valence-corrected chi connectivity index (χ2v) is 7.43. The Morgan fingerprint density at radius 2 is 2.30 bits per heavy atom. The average molecular weight is 333 g/mol. The maximum Gasteiger partial charge on any atom is 0.236 e. The predicted octanol–water partition coefficient (Wildman–Crippen LogP) is 3.01. The van der Waals surface area contributed by atoms with Crippen molar-refractivity contribution in [3.63, 3.8) is 0 Å². The maximum absolute atomic E-state index is 12.5. The minimum absolute atomic E-state index is 0.109. The van der Waals surface area contributed by atoms with Crippen molar-refractivity contribution in [2.24, 2.45) is 0 Å². The third kappa shape index (κ3) is 3.64. The Morgan fingerprint density at radius 3 is 3.04 bits per heavy atom. The van der Waals surface area contributed by atoms with Gasteiger partial charge in [0.05, 0.1) is 30.1 Å². The van der Waals surface area contributed by atoms with Crippen molar-refractivity contribution in [2.75, 3.05) is 20.6 Å². The molecule has 124 valence electrons. The smallest absolute Gasteiger partial charge is 0.236 e. The number of aryl methyl sites for hydroxylation is 2. The van der Waals surface area contributed by atoms with E-state index < -0.39 is 0 Å². The van der Waals surface area contributed by atoms with Crippen LogP contribution in [0.4, 0.5) is 0 Å². The molecule has 0 radical (unpaired) electrons. The van der Waals surface area contributed by atoms with Gasteiger partial charge in [0.1, 0.15) is 5.76 Å². The van der Waals surface area contributed by atoms with Gasteiger partial charge in [-0.3, -0.25) is 9.69 Å². The zero-order chi connectivity index (χ0) is 16.4. The molecule has 2 heterocycles. The highest BCUT2D eigenvalue weighted by Gasteiger charge is 2.28. The molecule has 1 unspecified atom stereocenters. The molecule has 0 bridgehead atoms. The number of likely N-dealkylation sites (N-methyl/N-ethyl adjacent to an activating group) is 2. The molecule has 2 aromatic rings. The van der Waals surface area contributed by atoms with Crippen molar-refractivity contribution in [2.45, 2.75) is 38.8 Å². The number of rotatable bonds is 5. The molecule has 0 aromatic carbocycles. The van der Waals surface area contributed by atoms with E-state index in [9.17, 15) is 4.79 Å². The summed E-state index contributed by atoms with van der Waals surface area (Å²) < 4.78 is 5.31. The summed E-state index contributed by atoms with van der Waals surface area (Å²) >= 11 is 1.77. The highest BCUT2D eigenvalue weighted by molar-refractivity contribution is 7.11. The van der Waals surface area contributed by atoms with Crippen molar-refractivity contribution < 1.29 is 9.21 Å². The van der Waals surface area contributed by atoms with Crippen molar-refractivity contribution in [3.05, 3.63) is 39.7 Å². The lowest BCUT2D eigenvalue weighted by Gasteiger charge is -2.31. The van der Waals surface area contributed by atoms with E-state index in [0.717, 1.165) is 30.0 Å². The molecular formula is C17H23N3O2S. The largest absolute Gasteiger partial charge is 0.467 e. The molecule has 2 aromatic heterocycles. The SMILES string of the molecule is Cc1nc2c(s1)C(N(C)CC(=O)N(C)Cc1ccco1)CCC2. The summed E-state index contributed by atoms with van der Waals surface area (Å²) in [6, 6.07) is 4.04. The third-order valence-electron chi connectivity index (χ3n) is 4.34. The second-order valence-electron chi connectivity index (χ2n) is 6.20. The van der Waals surface area contributed by atoms with Gasteiger partial charge in [0.15, 0.2) is 0 Å². The van der Waals surface area contributed by atoms with E-state index in [1.807, 2.05) is 26.2 Å². The first-order chi connectivity index (χ1) is 11.0. The molecule has 0 N–H and O–H groups in total. The molecule has 1 aliphatic rings. The molecule has 1 atom stereocenters. The molecule has 0 saturated heterocycles. The fourth-order valence-electron chi connectivity index (χ4n) is 3.11. The average Bonchev–Trinajstić information content (AvgIpc) is 3.14. The van der Waals surface area contributed by atoms with E-state index in [1.165, 1.54) is 10.6 Å². The van der Waals surface area contributed by atoms with Gasteiger partial charge in [-0.25, -0.2) is 4.98 Å². The van der Waals surface area contributed by atoms with E-state index >= 15 is 0 Å². The normalized spacial score (nSPS) is 17.3. The molecule has 3 rings (SSSR count). The number of furan rings is 1. The fourth-order valence-corrected chi connectivity index (χ4v) is 4.28. The molecule has 0 aliphatic heterocycles. The number of hydrogen-bond donors (Lipinski definition) is 0. The zero-order valence-electron chi connectivity index (χ0n) is 13.9. The van der Waals surface area contributed by atoms with Crippen LogP contribution in [0.3, 0.4) is 0 Å². The maximum atomic E-state index is 12.5. The predicted molar refractivity (Wildman–Crippen MR) is 90.3 cm³/mol. The van der Waals surface area contributed by atoms with Crippen LogP contribution in [0.2, 0.25) is 0 Å². The molecule has 1 amide bonds. The van der Waals surface area contributed by atoms with Crippen molar-refractivity contribution in [3.8, 4) is 0 Å². The molecule has 6 heteroatoms. The number of aromatic nitrogens is 1. The van der Waals surface area contributed by atoms with Crippen molar-refractivity contribution in [1.82, 2.24) is 14.8 Å². The first kappa shape index (κ1) is 16.2. The number of hydrogen-bond acceptors (Lipinski definition) is 5. The highest BCUT2D eigenvalue weighted by atomic mass is 32.1. The quantitative estimate of drug-likeness (QED) is 0.844. The van der Waals surface area contributed by atoms with Gasteiger partial charge in [0, 0.05) is 18.0 Å². The zero-order valence-corrected chi connectivity index (χ0v) is 14.7. The number of nitrogens with zero attached hydrogens (tertiary/aromatic N) is 3. The Labute approximate surface area is 140 Å². The minimum Gasteiger partial charge on any atom is -0.467 e. The van der Waals surface area contributed by atoms with Crippen LogP contribution < -0.4 is 0 Å². The van der Waals surface area contributed by atoms with Gasteiger partial charge in [-0.15, -0.1) is 11.3 Å². The number of fused-ring (bicyclic) bond motifs is 1. The first-order valence-electron chi connectivity index (χ1n) is 7.97. The van der Waals surface area contributed by atoms with Crippen molar-refractivity contribution >= 4 is 17.2 Å². The van der Waals surface area contributed by atoms with Crippen LogP contribution in [-0.4, -0.2) is 41.3 Å². The molecular weight excluding hydrogens is 310 g/mol. The van der Waals surface area contributed by atoms with Crippen LogP contribution in [0.5, 0.6) is 0 Å². The second kappa shape index (κ2) is 6.84. The Kier molecular flexibility index (Phi) is 4.82. The molecule has 1 aliphatic carbocycles. The number of carbonyl (C=O) groups excluding carboxylic acids is 1. The Balaban J connectivity index is 1.62. The monoisotopic (exact) mass is 333 g/mol. The summed E-state index contributed by atoms with van der Waals surface area (Å²) in [6.07, 6.45) is 4.94. The van der Waals surface area contributed by atoms with Crippen molar-refractivity contribution in [1.29, 1.82) is 0 Å². The van der Waals surface area contributed by atoms with E-state index in [-0.39, 0.29) is 5.91 Å². The Morgan fingerprint density at radius 1 is 1.48 bits per heavy atom. The van der Waals surface area contributed by atoms with Gasteiger partial charge in [0.25, 0.3) is 0 Å². The summed E-state index contributed by atoms with van der Waals surface area (Å²) in [4.78, 5) is 22.3. The summed E-state index contributed by atoms with van der Waals surface area (Å²) in [6.45, 7) is 2.98. The fraction of sp³-hybridized carbons (Fsp3) is 0.529. The lowest BCUT2D eigenvalue weighted by atomic mass is 9.97. The standard InChI is InChI=1S/C17H23N3O2S/c1-12-18-14-7-4-8-15(17(14)23-12)19(2)11-16(21)20(3)10-13-6-5-9-22-13/h5-6,9,15H,4,7-8,10-11H2,1-3H3. The molecule has 0 fully saturated rings. The molecule has 5 nitrogen and oxygen atoms in total. The van der Waals surface area contributed by atoms with Gasteiger partial charge in [-0.1, -0.05) is 0 Å². The summed E-state index contributed by atoms with van der Waals surface area (Å²) in [5.74, 6) is 0.916. The van der Waals surface area contributed by atoms with Gasteiger partial charge in [0.2, 0.25) is 5.91 Å². The Bertz CT molecular complexity index is 665. The molecule has 0 spiro atoms. The van der Waals surface area contributed by atoms with Gasteiger partial charge < -0.3 is 9.32 Å².